The average molecular weight is 364 g/mol. The number of carboxylic acids is 2. The van der Waals surface area contributed by atoms with Gasteiger partial charge in [0.15, 0.2) is 0 Å². The molecule has 0 amide bonds. The Kier molecular flexibility index (Phi) is 10.1. The number of rotatable bonds is 13. The molecular formula is C20H28O6. The molecule has 0 atom stereocenters. The van der Waals surface area contributed by atoms with E-state index in [1.54, 1.807) is 0 Å². The number of esters is 1. The van der Waals surface area contributed by atoms with Crippen LogP contribution in [-0.2, 0) is 4.79 Å². The van der Waals surface area contributed by atoms with Crippen molar-refractivity contribution in [1.29, 1.82) is 0 Å². The monoisotopic (exact) mass is 364 g/mol. The summed E-state index contributed by atoms with van der Waals surface area (Å²) in [4.78, 5) is 33.9. The summed E-state index contributed by atoms with van der Waals surface area (Å²) >= 11 is 0. The Morgan fingerprint density at radius 3 is 1.69 bits per heavy atom. The second-order valence-corrected chi connectivity index (χ2v) is 6.41. The normalized spacial score (nSPS) is 10.5. The van der Waals surface area contributed by atoms with Crippen molar-refractivity contribution >= 4 is 17.9 Å². The maximum absolute atomic E-state index is 11.9. The molecule has 1 rings (SSSR count). The van der Waals surface area contributed by atoms with Gasteiger partial charge < -0.3 is 14.9 Å². The molecular weight excluding hydrogens is 336 g/mol. The van der Waals surface area contributed by atoms with Crippen molar-refractivity contribution in [1.82, 2.24) is 0 Å². The van der Waals surface area contributed by atoms with Gasteiger partial charge in [0, 0.05) is 6.42 Å². The Morgan fingerprint density at radius 1 is 0.769 bits per heavy atom. The van der Waals surface area contributed by atoms with Gasteiger partial charge in [-0.3, -0.25) is 4.79 Å². The lowest BCUT2D eigenvalue weighted by molar-refractivity contribution is -0.134. The highest BCUT2D eigenvalue weighted by atomic mass is 16.5. The van der Waals surface area contributed by atoms with Crippen molar-refractivity contribution in [3.05, 3.63) is 29.3 Å². The quantitative estimate of drug-likeness (QED) is 0.293. The van der Waals surface area contributed by atoms with Gasteiger partial charge in [0.05, 0.1) is 11.1 Å². The number of unbranched alkanes of at least 4 members (excludes halogenated alkanes) is 8. The van der Waals surface area contributed by atoms with Crippen LogP contribution in [0.2, 0.25) is 0 Å². The maximum Gasteiger partial charge on any atom is 0.335 e. The van der Waals surface area contributed by atoms with E-state index in [1.165, 1.54) is 38.5 Å². The molecule has 1 aromatic carbocycles. The van der Waals surface area contributed by atoms with Gasteiger partial charge >= 0.3 is 17.9 Å². The van der Waals surface area contributed by atoms with E-state index in [0.29, 0.717) is 6.42 Å². The number of ether oxygens (including phenoxy) is 1. The van der Waals surface area contributed by atoms with Gasteiger partial charge in [-0.05, 0) is 24.6 Å². The van der Waals surface area contributed by atoms with Crippen LogP contribution in [0.3, 0.4) is 0 Å². The zero-order valence-electron chi connectivity index (χ0n) is 15.3. The van der Waals surface area contributed by atoms with Gasteiger partial charge in [0.25, 0.3) is 0 Å². The first-order valence-corrected chi connectivity index (χ1v) is 9.26. The van der Waals surface area contributed by atoms with Crippen LogP contribution in [0.5, 0.6) is 5.75 Å². The Labute approximate surface area is 154 Å². The van der Waals surface area contributed by atoms with Crippen molar-refractivity contribution in [2.24, 2.45) is 0 Å². The second kappa shape index (κ2) is 12.1. The number of benzene rings is 1. The summed E-state index contributed by atoms with van der Waals surface area (Å²) in [5.41, 5.74) is -0.452. The van der Waals surface area contributed by atoms with E-state index < -0.39 is 17.9 Å². The highest BCUT2D eigenvalue weighted by Gasteiger charge is 2.14. The molecule has 0 heterocycles. The van der Waals surface area contributed by atoms with Gasteiger partial charge in [-0.2, -0.15) is 0 Å². The van der Waals surface area contributed by atoms with Gasteiger partial charge in [-0.25, -0.2) is 9.59 Å². The first-order valence-electron chi connectivity index (χ1n) is 9.26. The topological polar surface area (TPSA) is 101 Å². The van der Waals surface area contributed by atoms with Crippen LogP contribution >= 0.6 is 0 Å². The Balaban J connectivity index is 2.34. The molecule has 0 saturated carbocycles. The minimum Gasteiger partial charge on any atom is -0.478 e. The van der Waals surface area contributed by atoms with Gasteiger partial charge in [-0.1, -0.05) is 58.3 Å². The second-order valence-electron chi connectivity index (χ2n) is 6.41. The molecule has 0 radical (unpaired) electrons. The molecule has 2 N–H and O–H groups in total. The lowest BCUT2D eigenvalue weighted by Crippen LogP contribution is -2.10. The largest absolute Gasteiger partial charge is 0.478 e. The van der Waals surface area contributed by atoms with E-state index in [1.807, 2.05) is 0 Å². The molecule has 0 saturated heterocycles. The summed E-state index contributed by atoms with van der Waals surface area (Å²) in [5.74, 6) is -3.08. The van der Waals surface area contributed by atoms with Gasteiger partial charge in [-0.15, -0.1) is 0 Å². The molecule has 0 aromatic heterocycles. The highest BCUT2D eigenvalue weighted by molar-refractivity contribution is 5.94. The summed E-state index contributed by atoms with van der Waals surface area (Å²) < 4.78 is 5.10. The maximum atomic E-state index is 11.9. The smallest absolute Gasteiger partial charge is 0.335 e. The van der Waals surface area contributed by atoms with Crippen LogP contribution in [0.25, 0.3) is 0 Å². The van der Waals surface area contributed by atoms with Crippen LogP contribution in [0.1, 0.15) is 91.8 Å². The summed E-state index contributed by atoms with van der Waals surface area (Å²) in [5, 5.41) is 18.0. The number of carbonyl (C=O) groups excluding carboxylic acids is 1. The van der Waals surface area contributed by atoms with E-state index in [9.17, 15) is 14.4 Å². The van der Waals surface area contributed by atoms with E-state index in [4.69, 9.17) is 14.9 Å². The fraction of sp³-hybridized carbons (Fsp3) is 0.550. The summed E-state index contributed by atoms with van der Waals surface area (Å²) in [6, 6.07) is 3.34. The van der Waals surface area contributed by atoms with Crippen molar-refractivity contribution in [2.75, 3.05) is 0 Å². The molecule has 1 aromatic rings. The minimum absolute atomic E-state index is 0.0526. The van der Waals surface area contributed by atoms with E-state index >= 15 is 0 Å². The van der Waals surface area contributed by atoms with E-state index in [-0.39, 0.29) is 23.3 Å². The molecule has 0 bridgehead atoms. The zero-order valence-corrected chi connectivity index (χ0v) is 15.3. The number of hydrogen-bond acceptors (Lipinski definition) is 4. The molecule has 0 aliphatic carbocycles. The number of hydrogen-bond donors (Lipinski definition) is 2. The molecule has 0 unspecified atom stereocenters. The van der Waals surface area contributed by atoms with Crippen LogP contribution in [-0.4, -0.2) is 28.1 Å². The molecule has 0 spiro atoms. The van der Waals surface area contributed by atoms with Crippen molar-refractivity contribution in [2.45, 2.75) is 71.1 Å². The van der Waals surface area contributed by atoms with Gasteiger partial charge in [0.2, 0.25) is 0 Å². The van der Waals surface area contributed by atoms with E-state index in [2.05, 4.69) is 6.92 Å². The minimum atomic E-state index is -1.27. The fourth-order valence-corrected chi connectivity index (χ4v) is 2.67. The molecule has 0 aliphatic heterocycles. The van der Waals surface area contributed by atoms with Gasteiger partial charge in [0.1, 0.15) is 5.75 Å². The number of carboxylic acid groups (broad SMARTS) is 2. The van der Waals surface area contributed by atoms with Crippen LogP contribution in [0, 0.1) is 0 Å². The summed E-state index contributed by atoms with van der Waals surface area (Å²) in [6.07, 6.45) is 10.4. The standard InChI is InChI=1S/C20H28O6/c1-2-3-4-5-6-7-8-9-10-11-18(21)26-17-13-15(19(22)23)12-16(14-17)20(24)25/h12-14H,2-11H2,1H3,(H,22,23)(H,24,25). The molecule has 6 nitrogen and oxygen atoms in total. The third kappa shape index (κ3) is 8.65. The van der Waals surface area contributed by atoms with Crippen molar-refractivity contribution in [3.63, 3.8) is 0 Å². The lowest BCUT2D eigenvalue weighted by Gasteiger charge is -2.07. The summed E-state index contributed by atoms with van der Waals surface area (Å²) in [6.45, 7) is 2.19. The highest BCUT2D eigenvalue weighted by Crippen LogP contribution is 2.19. The first-order chi connectivity index (χ1) is 12.4. The first kappa shape index (κ1) is 21.7. The molecule has 144 valence electrons. The Morgan fingerprint density at radius 2 is 1.23 bits per heavy atom. The van der Waals surface area contributed by atoms with Crippen molar-refractivity contribution in [3.8, 4) is 5.75 Å². The SMILES string of the molecule is CCCCCCCCCCCC(=O)Oc1cc(C(=O)O)cc(C(=O)O)c1. The fourth-order valence-electron chi connectivity index (χ4n) is 2.67. The van der Waals surface area contributed by atoms with E-state index in [0.717, 1.165) is 31.0 Å². The lowest BCUT2D eigenvalue weighted by atomic mass is 10.1. The predicted octanol–water partition coefficient (Wildman–Crippen LogP) is 4.91. The molecule has 0 aliphatic rings. The van der Waals surface area contributed by atoms with Crippen LogP contribution in [0.4, 0.5) is 0 Å². The Bertz CT molecular complexity index is 576. The predicted molar refractivity (Wildman–Crippen MR) is 97.8 cm³/mol. The number of carbonyl (C=O) groups is 3. The Hall–Kier alpha value is -2.37. The van der Waals surface area contributed by atoms with Crippen LogP contribution in [0.15, 0.2) is 18.2 Å². The molecule has 0 fully saturated rings. The molecule has 26 heavy (non-hydrogen) atoms. The third-order valence-electron chi connectivity index (χ3n) is 4.12. The average Bonchev–Trinajstić information content (AvgIpc) is 2.59. The third-order valence-corrected chi connectivity index (χ3v) is 4.12. The molecule has 6 heteroatoms. The number of aromatic carboxylic acids is 2. The zero-order chi connectivity index (χ0) is 19.4. The van der Waals surface area contributed by atoms with Crippen molar-refractivity contribution < 1.29 is 29.3 Å². The summed E-state index contributed by atoms with van der Waals surface area (Å²) in [7, 11) is 0. The van der Waals surface area contributed by atoms with Crippen LogP contribution < -0.4 is 4.74 Å².